The van der Waals surface area contributed by atoms with Gasteiger partial charge >= 0.3 is 0 Å². The van der Waals surface area contributed by atoms with Crippen molar-refractivity contribution in [3.8, 4) is 11.5 Å². The van der Waals surface area contributed by atoms with E-state index in [0.717, 1.165) is 22.0 Å². The summed E-state index contributed by atoms with van der Waals surface area (Å²) in [6, 6.07) is 9.71. The lowest BCUT2D eigenvalue weighted by molar-refractivity contribution is -0.121. The van der Waals surface area contributed by atoms with Gasteiger partial charge < -0.3 is 14.8 Å². The number of hydrogen-bond acceptors (Lipinski definition) is 5. The first kappa shape index (κ1) is 21.6. The van der Waals surface area contributed by atoms with E-state index in [9.17, 15) is 17.6 Å². The lowest BCUT2D eigenvalue weighted by Crippen LogP contribution is -2.40. The molecule has 2 aromatic rings. The van der Waals surface area contributed by atoms with Crippen LogP contribution >= 0.6 is 0 Å². The SMILES string of the molecule is CCN(CC(=O)NCc1ccc(OC)c(OC)c1)S(=O)(=O)c1ccc(F)cc1. The molecule has 0 radical (unpaired) electrons. The van der Waals surface area contributed by atoms with Crippen LogP contribution in [0.25, 0.3) is 0 Å². The third-order valence-electron chi connectivity index (χ3n) is 4.06. The highest BCUT2D eigenvalue weighted by atomic mass is 32.2. The molecular weight excluding hydrogens is 387 g/mol. The van der Waals surface area contributed by atoms with Gasteiger partial charge in [0.15, 0.2) is 11.5 Å². The van der Waals surface area contributed by atoms with Crippen molar-refractivity contribution in [2.45, 2.75) is 18.4 Å². The number of sulfonamides is 1. The number of hydrogen-bond donors (Lipinski definition) is 1. The van der Waals surface area contributed by atoms with Crippen molar-refractivity contribution in [3.05, 3.63) is 53.8 Å². The van der Waals surface area contributed by atoms with Gasteiger partial charge in [-0.1, -0.05) is 13.0 Å². The molecule has 0 aliphatic heterocycles. The average Bonchev–Trinajstić information content (AvgIpc) is 2.70. The second-order valence-electron chi connectivity index (χ2n) is 5.85. The molecule has 0 fully saturated rings. The van der Waals surface area contributed by atoms with Gasteiger partial charge in [0, 0.05) is 13.1 Å². The molecule has 0 aliphatic carbocycles. The summed E-state index contributed by atoms with van der Waals surface area (Å²) in [4.78, 5) is 12.2. The van der Waals surface area contributed by atoms with E-state index in [1.165, 1.54) is 26.4 Å². The summed E-state index contributed by atoms with van der Waals surface area (Å²) in [5.74, 6) is 0.112. The number of benzene rings is 2. The van der Waals surface area contributed by atoms with E-state index in [1.54, 1.807) is 25.1 Å². The molecule has 0 unspecified atom stereocenters. The lowest BCUT2D eigenvalue weighted by Gasteiger charge is -2.20. The van der Waals surface area contributed by atoms with Gasteiger partial charge in [-0.3, -0.25) is 4.79 Å². The molecule has 0 heterocycles. The smallest absolute Gasteiger partial charge is 0.243 e. The fourth-order valence-corrected chi connectivity index (χ4v) is 3.93. The minimum Gasteiger partial charge on any atom is -0.493 e. The molecule has 152 valence electrons. The summed E-state index contributed by atoms with van der Waals surface area (Å²) in [5, 5.41) is 2.68. The van der Waals surface area contributed by atoms with Gasteiger partial charge in [-0.15, -0.1) is 0 Å². The molecule has 0 spiro atoms. The van der Waals surface area contributed by atoms with Crippen molar-refractivity contribution < 1.29 is 27.1 Å². The minimum atomic E-state index is -3.90. The highest BCUT2D eigenvalue weighted by molar-refractivity contribution is 7.89. The summed E-state index contributed by atoms with van der Waals surface area (Å²) in [7, 11) is -0.855. The Morgan fingerprint density at radius 3 is 2.29 bits per heavy atom. The average molecular weight is 410 g/mol. The Balaban J connectivity index is 2.03. The molecule has 1 N–H and O–H groups in total. The van der Waals surface area contributed by atoms with Gasteiger partial charge in [0.25, 0.3) is 0 Å². The highest BCUT2D eigenvalue weighted by Gasteiger charge is 2.25. The molecule has 1 amide bonds. The first-order valence-electron chi connectivity index (χ1n) is 8.55. The molecule has 0 atom stereocenters. The van der Waals surface area contributed by atoms with Crippen molar-refractivity contribution in [1.29, 1.82) is 0 Å². The topological polar surface area (TPSA) is 84.9 Å². The van der Waals surface area contributed by atoms with E-state index in [2.05, 4.69) is 5.32 Å². The third kappa shape index (κ3) is 5.20. The van der Waals surface area contributed by atoms with Gasteiger partial charge in [-0.2, -0.15) is 4.31 Å². The molecule has 28 heavy (non-hydrogen) atoms. The maximum atomic E-state index is 13.0. The Morgan fingerprint density at radius 1 is 1.07 bits per heavy atom. The van der Waals surface area contributed by atoms with Crippen LogP contribution in [0.4, 0.5) is 4.39 Å². The Morgan fingerprint density at radius 2 is 1.71 bits per heavy atom. The van der Waals surface area contributed by atoms with Crippen LogP contribution in [0.3, 0.4) is 0 Å². The molecule has 0 bridgehead atoms. The number of carbonyl (C=O) groups excluding carboxylic acids is 1. The second kappa shape index (κ2) is 9.52. The number of rotatable bonds is 9. The largest absolute Gasteiger partial charge is 0.493 e. The maximum Gasteiger partial charge on any atom is 0.243 e. The zero-order chi connectivity index (χ0) is 20.7. The highest BCUT2D eigenvalue weighted by Crippen LogP contribution is 2.27. The fourth-order valence-electron chi connectivity index (χ4n) is 2.53. The number of likely N-dealkylation sites (N-methyl/N-ethyl adjacent to an activating group) is 1. The summed E-state index contributed by atoms with van der Waals surface area (Å²) in [6.45, 7) is 1.59. The number of nitrogens with zero attached hydrogens (tertiary/aromatic N) is 1. The molecule has 0 aliphatic rings. The van der Waals surface area contributed by atoms with Crippen LogP contribution in [0.1, 0.15) is 12.5 Å². The van der Waals surface area contributed by atoms with Crippen molar-refractivity contribution in [3.63, 3.8) is 0 Å². The van der Waals surface area contributed by atoms with E-state index in [-0.39, 0.29) is 24.5 Å². The lowest BCUT2D eigenvalue weighted by atomic mass is 10.2. The molecule has 0 aromatic heterocycles. The molecule has 7 nitrogen and oxygen atoms in total. The summed E-state index contributed by atoms with van der Waals surface area (Å²) >= 11 is 0. The van der Waals surface area contributed by atoms with Crippen LogP contribution in [0, 0.1) is 5.82 Å². The number of ether oxygens (including phenoxy) is 2. The van der Waals surface area contributed by atoms with Gasteiger partial charge in [0.05, 0.1) is 25.7 Å². The van der Waals surface area contributed by atoms with E-state index >= 15 is 0 Å². The zero-order valence-corrected chi connectivity index (χ0v) is 16.8. The first-order chi connectivity index (χ1) is 13.3. The maximum absolute atomic E-state index is 13.0. The van der Waals surface area contributed by atoms with Crippen molar-refractivity contribution in [2.24, 2.45) is 0 Å². The van der Waals surface area contributed by atoms with Gasteiger partial charge in [0.1, 0.15) is 5.82 Å². The van der Waals surface area contributed by atoms with Crippen LogP contribution in [0.2, 0.25) is 0 Å². The summed E-state index contributed by atoms with van der Waals surface area (Å²) in [6.07, 6.45) is 0. The molecule has 2 rings (SSSR count). The Kier molecular flexibility index (Phi) is 7.36. The monoisotopic (exact) mass is 410 g/mol. The van der Waals surface area contributed by atoms with Gasteiger partial charge in [-0.25, -0.2) is 12.8 Å². The second-order valence-corrected chi connectivity index (χ2v) is 7.79. The van der Waals surface area contributed by atoms with E-state index in [0.29, 0.717) is 11.5 Å². The van der Waals surface area contributed by atoms with E-state index in [4.69, 9.17) is 9.47 Å². The molecular formula is C19H23FN2O5S. The molecule has 2 aromatic carbocycles. The number of halogens is 1. The van der Waals surface area contributed by atoms with Crippen LogP contribution in [-0.2, 0) is 21.4 Å². The quantitative estimate of drug-likeness (QED) is 0.685. The first-order valence-corrected chi connectivity index (χ1v) is 9.99. The fraction of sp³-hybridized carbons (Fsp3) is 0.316. The molecule has 0 saturated heterocycles. The van der Waals surface area contributed by atoms with Crippen LogP contribution in [0.15, 0.2) is 47.4 Å². The normalized spacial score (nSPS) is 11.3. The number of amides is 1. The number of carbonyl (C=O) groups is 1. The van der Waals surface area contributed by atoms with E-state index in [1.807, 2.05) is 0 Å². The van der Waals surface area contributed by atoms with Gasteiger partial charge in [-0.05, 0) is 42.0 Å². The standard InChI is InChI=1S/C19H23FN2O5S/c1-4-22(28(24,25)16-8-6-15(20)7-9-16)13-19(23)21-12-14-5-10-17(26-2)18(11-14)27-3/h5-11H,4,12-13H2,1-3H3,(H,21,23). The third-order valence-corrected chi connectivity index (χ3v) is 6.00. The predicted octanol–water partition coefficient (Wildman–Crippen LogP) is 2.17. The number of nitrogens with one attached hydrogen (secondary N) is 1. The molecule has 0 saturated carbocycles. The molecule has 9 heteroatoms. The van der Waals surface area contributed by atoms with Crippen molar-refractivity contribution in [2.75, 3.05) is 27.3 Å². The van der Waals surface area contributed by atoms with Crippen LogP contribution in [-0.4, -0.2) is 45.9 Å². The summed E-state index contributed by atoms with van der Waals surface area (Å²) < 4.78 is 49.7. The number of methoxy groups -OCH3 is 2. The van der Waals surface area contributed by atoms with Crippen molar-refractivity contribution in [1.82, 2.24) is 9.62 Å². The van der Waals surface area contributed by atoms with Crippen LogP contribution < -0.4 is 14.8 Å². The zero-order valence-electron chi connectivity index (χ0n) is 15.9. The predicted molar refractivity (Wildman–Crippen MR) is 102 cm³/mol. The van der Waals surface area contributed by atoms with Gasteiger partial charge in [0.2, 0.25) is 15.9 Å². The minimum absolute atomic E-state index is 0.0663. The van der Waals surface area contributed by atoms with Crippen LogP contribution in [0.5, 0.6) is 11.5 Å². The van der Waals surface area contributed by atoms with E-state index < -0.39 is 21.7 Å². The Labute approximate surface area is 164 Å². The Hall–Kier alpha value is -2.65. The van der Waals surface area contributed by atoms with Crippen molar-refractivity contribution >= 4 is 15.9 Å². The summed E-state index contributed by atoms with van der Waals surface area (Å²) in [5.41, 5.74) is 0.774. The Bertz CT molecular complexity index is 916.